The zero-order valence-electron chi connectivity index (χ0n) is 12.1. The molecule has 0 fully saturated rings. The lowest BCUT2D eigenvalue weighted by atomic mass is 9.92. The third kappa shape index (κ3) is 4.21. The number of aliphatic carboxylic acids is 1. The monoisotopic (exact) mass is 452 g/mol. The topological polar surface area (TPSA) is 37.3 Å². The van der Waals surface area contributed by atoms with Crippen LogP contribution in [0.2, 0.25) is 0 Å². The molecule has 0 aliphatic carbocycles. The van der Waals surface area contributed by atoms with Crippen LogP contribution < -0.4 is 0 Å². The first-order chi connectivity index (χ1) is 11.6. The average Bonchev–Trinajstić information content (AvgIpc) is 2.44. The molecule has 27 heavy (non-hydrogen) atoms. The van der Waals surface area contributed by atoms with Gasteiger partial charge in [-0.05, 0) is 6.42 Å². The number of allylic oxidation sites excluding steroid dienone is 1. The highest BCUT2D eigenvalue weighted by atomic mass is 35.5. The lowest BCUT2D eigenvalue weighted by Crippen LogP contribution is -2.70. The Bertz CT molecular complexity index is 594. The maximum Gasteiger partial charge on any atom is 0.460 e. The normalized spacial score (nSPS) is 15.9. The quantitative estimate of drug-likeness (QED) is 0.378. The Hall–Kier alpha value is -1.41. The molecule has 0 radical (unpaired) electrons. The van der Waals surface area contributed by atoms with E-state index in [9.17, 15) is 61.9 Å². The van der Waals surface area contributed by atoms with E-state index in [1.54, 1.807) is 0 Å². The molecule has 1 N–H and O–H groups in total. The minimum Gasteiger partial charge on any atom is -0.477 e. The van der Waals surface area contributed by atoms with Crippen molar-refractivity contribution in [3.8, 4) is 0 Å². The molecule has 0 aromatic carbocycles. The lowest BCUT2D eigenvalue weighted by Gasteiger charge is -2.39. The minimum absolute atomic E-state index is 0.0640. The maximum atomic E-state index is 13.3. The molecule has 0 bridgehead atoms. The summed E-state index contributed by atoms with van der Waals surface area (Å²) in [6.45, 7) is 0. The van der Waals surface area contributed by atoms with Gasteiger partial charge in [-0.25, -0.2) is 4.79 Å². The minimum atomic E-state index is -7.96. The van der Waals surface area contributed by atoms with Gasteiger partial charge in [-0.1, -0.05) is 17.7 Å². The molecule has 0 aliphatic rings. The Labute approximate surface area is 145 Å². The van der Waals surface area contributed by atoms with E-state index in [0.29, 0.717) is 0 Å². The Morgan fingerprint density at radius 2 is 1.11 bits per heavy atom. The van der Waals surface area contributed by atoms with E-state index in [0.717, 1.165) is 0 Å². The van der Waals surface area contributed by atoms with Crippen LogP contribution in [0.4, 0.5) is 57.1 Å². The van der Waals surface area contributed by atoms with Crippen molar-refractivity contribution in [3.63, 3.8) is 0 Å². The third-order valence-electron chi connectivity index (χ3n) is 2.98. The van der Waals surface area contributed by atoms with Crippen LogP contribution >= 0.6 is 11.6 Å². The van der Waals surface area contributed by atoms with Crippen molar-refractivity contribution in [3.05, 3.63) is 11.1 Å². The van der Waals surface area contributed by atoms with E-state index in [2.05, 4.69) is 0 Å². The predicted octanol–water partition coefficient (Wildman–Crippen LogP) is 5.71. The molecule has 0 amide bonds. The zero-order chi connectivity index (χ0) is 22.3. The van der Waals surface area contributed by atoms with Gasteiger partial charge in [0, 0.05) is 6.42 Å². The molecule has 0 aromatic rings. The second kappa shape index (κ2) is 7.20. The highest BCUT2D eigenvalue weighted by Gasteiger charge is 2.90. The second-order valence-corrected chi connectivity index (χ2v) is 5.30. The Morgan fingerprint density at radius 3 is 1.44 bits per heavy atom. The zero-order valence-corrected chi connectivity index (χ0v) is 12.9. The first-order valence-corrected chi connectivity index (χ1v) is 6.50. The van der Waals surface area contributed by atoms with Crippen molar-refractivity contribution < 1.29 is 67.0 Å². The molecule has 16 heteroatoms. The third-order valence-corrected chi connectivity index (χ3v) is 3.30. The van der Waals surface area contributed by atoms with Gasteiger partial charge in [0.15, 0.2) is 0 Å². The van der Waals surface area contributed by atoms with E-state index in [4.69, 9.17) is 16.7 Å². The summed E-state index contributed by atoms with van der Waals surface area (Å²) in [5, 5.41) is 6.96. The molecule has 0 unspecified atom stereocenters. The van der Waals surface area contributed by atoms with Crippen molar-refractivity contribution >= 4 is 17.6 Å². The van der Waals surface area contributed by atoms with E-state index in [1.807, 2.05) is 0 Å². The summed E-state index contributed by atoms with van der Waals surface area (Å²) >= 11 is 4.87. The molecule has 0 rings (SSSR count). The summed E-state index contributed by atoms with van der Waals surface area (Å²) in [6.07, 6.45) is -11.5. The summed E-state index contributed by atoms with van der Waals surface area (Å²) in [7, 11) is 0. The van der Waals surface area contributed by atoms with Crippen LogP contribution in [0, 0.1) is 0 Å². The summed E-state index contributed by atoms with van der Waals surface area (Å²) in [5.41, 5.74) is 0. The van der Waals surface area contributed by atoms with Gasteiger partial charge in [-0.3, -0.25) is 0 Å². The first-order valence-electron chi connectivity index (χ1n) is 6.12. The fourth-order valence-electron chi connectivity index (χ4n) is 1.43. The summed E-state index contributed by atoms with van der Waals surface area (Å²) in [4.78, 5) is 10.2. The van der Waals surface area contributed by atoms with Crippen LogP contribution in [-0.2, 0) is 4.79 Å². The van der Waals surface area contributed by atoms with Crippen LogP contribution in [0.3, 0.4) is 0 Å². The predicted molar refractivity (Wildman–Crippen MR) is 61.6 cm³/mol. The van der Waals surface area contributed by atoms with Gasteiger partial charge < -0.3 is 5.11 Å². The van der Waals surface area contributed by atoms with Gasteiger partial charge in [-0.2, -0.15) is 57.1 Å². The molecule has 0 spiro atoms. The number of carbonyl (C=O) groups is 1. The number of alkyl halides is 13. The molecular weight excluding hydrogens is 447 g/mol. The van der Waals surface area contributed by atoms with Crippen molar-refractivity contribution in [1.82, 2.24) is 0 Å². The Kier molecular flexibility index (Phi) is 6.83. The smallest absolute Gasteiger partial charge is 0.460 e. The standard InChI is InChI=1S/C11H6ClF13O2/c12-4(5(26)27)2-1-3-6(13,14)7(15,16)8(17,18)9(19,20)10(21,22)11(23,24)25/h2H,1,3H2,(H,26,27). The van der Waals surface area contributed by atoms with E-state index >= 15 is 0 Å². The molecule has 0 atom stereocenters. The molecule has 0 aliphatic heterocycles. The fraction of sp³-hybridized carbons (Fsp3) is 0.727. The SMILES string of the molecule is O=C(O)C(Cl)=CCCC(F)(F)C(F)(F)C(F)(F)C(F)(F)C(F)(F)C(F)(F)F. The number of carboxylic acids is 1. The van der Waals surface area contributed by atoms with Crippen LogP contribution in [0.15, 0.2) is 11.1 Å². The van der Waals surface area contributed by atoms with Crippen molar-refractivity contribution in [1.29, 1.82) is 0 Å². The molecule has 2 nitrogen and oxygen atoms in total. The second-order valence-electron chi connectivity index (χ2n) is 4.90. The van der Waals surface area contributed by atoms with Crippen LogP contribution in [0.1, 0.15) is 12.8 Å². The van der Waals surface area contributed by atoms with Crippen LogP contribution in [0.5, 0.6) is 0 Å². The largest absolute Gasteiger partial charge is 0.477 e. The molecule has 0 heterocycles. The highest BCUT2D eigenvalue weighted by Crippen LogP contribution is 2.60. The molecule has 0 saturated carbocycles. The maximum absolute atomic E-state index is 13.3. The summed E-state index contributed by atoms with van der Waals surface area (Å²) in [5.74, 6) is -39.2. The number of carboxylic acid groups (broad SMARTS) is 1. The number of hydrogen-bond acceptors (Lipinski definition) is 1. The summed E-state index contributed by atoms with van der Waals surface area (Å²) < 4.78 is 166. The van der Waals surface area contributed by atoms with Crippen molar-refractivity contribution in [2.24, 2.45) is 0 Å². The van der Waals surface area contributed by atoms with Gasteiger partial charge in [0.1, 0.15) is 5.03 Å². The summed E-state index contributed by atoms with van der Waals surface area (Å²) in [6, 6.07) is 0. The number of rotatable bonds is 8. The average molecular weight is 453 g/mol. The van der Waals surface area contributed by atoms with Crippen LogP contribution in [-0.4, -0.2) is 46.9 Å². The van der Waals surface area contributed by atoms with Gasteiger partial charge >= 0.3 is 41.8 Å². The molecular formula is C11H6ClF13O2. The number of halogens is 14. The van der Waals surface area contributed by atoms with Gasteiger partial charge in [0.05, 0.1) is 0 Å². The van der Waals surface area contributed by atoms with Crippen molar-refractivity contribution in [2.45, 2.75) is 48.6 Å². The van der Waals surface area contributed by atoms with Crippen LogP contribution in [0.25, 0.3) is 0 Å². The molecule has 0 saturated heterocycles. The Morgan fingerprint density at radius 1 is 0.741 bits per heavy atom. The highest BCUT2D eigenvalue weighted by molar-refractivity contribution is 6.40. The Balaban J connectivity index is 5.94. The lowest BCUT2D eigenvalue weighted by molar-refractivity contribution is -0.440. The van der Waals surface area contributed by atoms with Crippen molar-refractivity contribution in [2.75, 3.05) is 0 Å². The van der Waals surface area contributed by atoms with Gasteiger partial charge in [0.2, 0.25) is 0 Å². The van der Waals surface area contributed by atoms with E-state index in [-0.39, 0.29) is 6.08 Å². The van der Waals surface area contributed by atoms with Gasteiger partial charge in [0.25, 0.3) is 0 Å². The molecule has 160 valence electrons. The van der Waals surface area contributed by atoms with E-state index < -0.39 is 59.6 Å². The fourth-order valence-corrected chi connectivity index (χ4v) is 1.54. The van der Waals surface area contributed by atoms with Gasteiger partial charge in [-0.15, -0.1) is 0 Å². The molecule has 0 aromatic heterocycles. The first kappa shape index (κ1) is 25.6. The number of hydrogen-bond donors (Lipinski definition) is 1. The van der Waals surface area contributed by atoms with E-state index in [1.165, 1.54) is 0 Å².